The zero-order valence-electron chi connectivity index (χ0n) is 7.89. The monoisotopic (exact) mass is 255 g/mol. The van der Waals surface area contributed by atoms with Gasteiger partial charge < -0.3 is 0 Å². The van der Waals surface area contributed by atoms with E-state index >= 15 is 0 Å². The van der Waals surface area contributed by atoms with Crippen molar-refractivity contribution in [3.05, 3.63) is 30.3 Å². The van der Waals surface area contributed by atoms with E-state index in [1.165, 1.54) is 5.69 Å². The minimum atomic E-state index is 0.164. The number of rotatable bonds is 2. The summed E-state index contributed by atoms with van der Waals surface area (Å²) >= 11 is 2.71. The molecule has 0 amide bonds. The molecular weight excluding hydrogens is 241 g/mol. The van der Waals surface area contributed by atoms with Gasteiger partial charge in [-0.15, -0.1) is 0 Å². The Balaban J connectivity index is 2.22. The molecule has 0 saturated carbocycles. The Morgan fingerprint density at radius 1 is 1.36 bits per heavy atom. The standard InChI is InChI=1S/C11H13NOSe/c13-11(14)10-7-4-8-12(10)9-5-2-1-3-6-9/h1-3,5-6,10H,4,7-8H2,(H,13,14)/t10-/m0/s1. The summed E-state index contributed by atoms with van der Waals surface area (Å²) in [5, 5.41) is 9.50. The van der Waals surface area contributed by atoms with E-state index in [1.807, 2.05) is 18.2 Å². The van der Waals surface area contributed by atoms with Crippen LogP contribution in [-0.4, -0.2) is 37.9 Å². The number of benzene rings is 1. The summed E-state index contributed by atoms with van der Waals surface area (Å²) in [5.74, 6) is 0. The van der Waals surface area contributed by atoms with Crippen molar-refractivity contribution in [2.45, 2.75) is 18.9 Å². The normalized spacial score (nSPS) is 21.1. The van der Waals surface area contributed by atoms with Crippen LogP contribution in [0.25, 0.3) is 0 Å². The van der Waals surface area contributed by atoms with Gasteiger partial charge in [0.1, 0.15) is 0 Å². The number of aliphatic hydroxyl groups is 1. The minimum absolute atomic E-state index is 0.164. The van der Waals surface area contributed by atoms with Gasteiger partial charge in [-0.2, -0.15) is 0 Å². The summed E-state index contributed by atoms with van der Waals surface area (Å²) in [6, 6.07) is 10.4. The average Bonchev–Trinajstić information content (AvgIpc) is 2.67. The topological polar surface area (TPSA) is 23.5 Å². The van der Waals surface area contributed by atoms with Gasteiger partial charge in [0.05, 0.1) is 0 Å². The maximum absolute atomic E-state index is 9.50. The molecule has 1 fully saturated rings. The fourth-order valence-corrected chi connectivity index (χ4v) is 2.47. The zero-order chi connectivity index (χ0) is 9.97. The van der Waals surface area contributed by atoms with Crippen LogP contribution >= 0.6 is 0 Å². The number of hydrogen-bond donors (Lipinski definition) is 1. The van der Waals surface area contributed by atoms with E-state index in [0.717, 1.165) is 19.4 Å². The second-order valence-corrected chi connectivity index (χ2v) is 4.40. The second kappa shape index (κ2) is 4.16. The van der Waals surface area contributed by atoms with Crippen LogP contribution in [0.2, 0.25) is 0 Å². The van der Waals surface area contributed by atoms with Gasteiger partial charge in [0.15, 0.2) is 0 Å². The van der Waals surface area contributed by atoms with Crippen molar-refractivity contribution >= 4 is 25.9 Å². The van der Waals surface area contributed by atoms with Crippen molar-refractivity contribution in [1.82, 2.24) is 0 Å². The van der Waals surface area contributed by atoms with Crippen LogP contribution in [0.15, 0.2) is 30.3 Å². The SMILES string of the molecule is OC(=[Se])[C@@H]1CCCN1c1ccccc1. The molecule has 2 rings (SSSR count). The second-order valence-electron chi connectivity index (χ2n) is 3.53. The Bertz CT molecular complexity index is 325. The Kier molecular flexibility index (Phi) is 2.90. The molecule has 1 aliphatic rings. The molecule has 2 nitrogen and oxygen atoms in total. The molecule has 3 heteroatoms. The molecule has 0 unspecified atom stereocenters. The number of para-hydroxylation sites is 1. The average molecular weight is 254 g/mol. The molecule has 0 bridgehead atoms. The molecule has 1 aliphatic heterocycles. The Hall–Kier alpha value is -0.791. The predicted molar refractivity (Wildman–Crippen MR) is 59.5 cm³/mol. The molecule has 74 valence electrons. The fraction of sp³-hybridized carbons (Fsp3) is 0.364. The van der Waals surface area contributed by atoms with Crippen molar-refractivity contribution in [3.8, 4) is 0 Å². The molecule has 1 aromatic carbocycles. The molecule has 14 heavy (non-hydrogen) atoms. The van der Waals surface area contributed by atoms with Gasteiger partial charge in [-0.05, 0) is 0 Å². The Morgan fingerprint density at radius 2 is 2.07 bits per heavy atom. The Labute approximate surface area is 91.9 Å². The van der Waals surface area contributed by atoms with Gasteiger partial charge in [0.2, 0.25) is 0 Å². The van der Waals surface area contributed by atoms with Gasteiger partial charge >= 0.3 is 91.6 Å². The molecule has 0 radical (unpaired) electrons. The first kappa shape index (κ1) is 9.75. The first-order chi connectivity index (χ1) is 6.79. The van der Waals surface area contributed by atoms with Crippen molar-refractivity contribution in [3.63, 3.8) is 0 Å². The van der Waals surface area contributed by atoms with E-state index in [4.69, 9.17) is 0 Å². The van der Waals surface area contributed by atoms with Crippen molar-refractivity contribution in [2.24, 2.45) is 0 Å². The van der Waals surface area contributed by atoms with Crippen LogP contribution < -0.4 is 4.90 Å². The van der Waals surface area contributed by atoms with E-state index < -0.39 is 0 Å². The van der Waals surface area contributed by atoms with Crippen molar-refractivity contribution < 1.29 is 5.11 Å². The van der Waals surface area contributed by atoms with E-state index in [1.54, 1.807) is 0 Å². The van der Waals surface area contributed by atoms with E-state index in [9.17, 15) is 5.11 Å². The quantitative estimate of drug-likeness (QED) is 0.805. The van der Waals surface area contributed by atoms with Gasteiger partial charge in [-0.25, -0.2) is 0 Å². The van der Waals surface area contributed by atoms with Crippen LogP contribution in [0.5, 0.6) is 0 Å². The van der Waals surface area contributed by atoms with E-state index in [0.29, 0.717) is 4.60 Å². The van der Waals surface area contributed by atoms with Crippen LogP contribution in [0.1, 0.15) is 12.8 Å². The zero-order valence-corrected chi connectivity index (χ0v) is 9.60. The molecular formula is C11H13NOSe. The predicted octanol–water partition coefficient (Wildman–Crippen LogP) is 1.33. The molecule has 0 spiro atoms. The van der Waals surface area contributed by atoms with Gasteiger partial charge in [-0.3, -0.25) is 0 Å². The van der Waals surface area contributed by atoms with E-state index in [-0.39, 0.29) is 6.04 Å². The Morgan fingerprint density at radius 3 is 2.71 bits per heavy atom. The molecule has 1 N–H and O–H groups in total. The summed E-state index contributed by atoms with van der Waals surface area (Å²) in [6.07, 6.45) is 2.18. The third-order valence-corrected chi connectivity index (χ3v) is 3.20. The van der Waals surface area contributed by atoms with Crippen LogP contribution in [-0.2, 0) is 0 Å². The summed E-state index contributed by atoms with van der Waals surface area (Å²) in [7, 11) is 0. The molecule has 0 aliphatic carbocycles. The number of hydrogen-bond acceptors (Lipinski definition) is 2. The third kappa shape index (κ3) is 1.84. The van der Waals surface area contributed by atoms with Gasteiger partial charge in [0, 0.05) is 0 Å². The molecule has 0 aromatic heterocycles. The van der Waals surface area contributed by atoms with Crippen LogP contribution in [0.3, 0.4) is 0 Å². The van der Waals surface area contributed by atoms with Crippen LogP contribution in [0.4, 0.5) is 5.69 Å². The first-order valence-corrected chi connectivity index (χ1v) is 5.69. The van der Waals surface area contributed by atoms with Crippen molar-refractivity contribution in [1.29, 1.82) is 0 Å². The summed E-state index contributed by atoms with van der Waals surface area (Å²) in [5.41, 5.74) is 1.19. The number of aliphatic hydroxyl groups excluding tert-OH is 1. The summed E-state index contributed by atoms with van der Waals surface area (Å²) in [6.45, 7) is 1.03. The fourth-order valence-electron chi connectivity index (χ4n) is 1.95. The summed E-state index contributed by atoms with van der Waals surface area (Å²) < 4.78 is 0.409. The molecule has 1 atom stereocenters. The molecule has 1 heterocycles. The van der Waals surface area contributed by atoms with E-state index in [2.05, 4.69) is 32.6 Å². The first-order valence-electron chi connectivity index (χ1n) is 4.83. The third-order valence-electron chi connectivity index (χ3n) is 2.63. The number of nitrogens with zero attached hydrogens (tertiary/aromatic N) is 1. The summed E-state index contributed by atoms with van der Waals surface area (Å²) in [4.78, 5) is 2.24. The van der Waals surface area contributed by atoms with Crippen LogP contribution in [0, 0.1) is 0 Å². The van der Waals surface area contributed by atoms with Gasteiger partial charge in [-0.1, -0.05) is 0 Å². The molecule has 1 aromatic rings. The van der Waals surface area contributed by atoms with Gasteiger partial charge in [0.25, 0.3) is 0 Å². The maximum atomic E-state index is 9.50. The van der Waals surface area contributed by atoms with Crippen molar-refractivity contribution in [2.75, 3.05) is 11.4 Å². The number of anilines is 1. The molecule has 1 saturated heterocycles.